The van der Waals surface area contributed by atoms with Gasteiger partial charge in [0.2, 0.25) is 0 Å². The second-order valence-electron chi connectivity index (χ2n) is 10.6. The van der Waals surface area contributed by atoms with E-state index < -0.39 is 5.60 Å². The van der Waals surface area contributed by atoms with Gasteiger partial charge < -0.3 is 4.74 Å². The largest absolute Gasteiger partial charge is 0.456 e. The van der Waals surface area contributed by atoms with E-state index in [2.05, 4.69) is 59.7 Å². The summed E-state index contributed by atoms with van der Waals surface area (Å²) in [5.74, 6) is -0.331. The molecule has 2 rings (SSSR count). The summed E-state index contributed by atoms with van der Waals surface area (Å²) in [5.41, 5.74) is 5.29. The van der Waals surface area contributed by atoms with Gasteiger partial charge in [-0.3, -0.25) is 4.98 Å². The van der Waals surface area contributed by atoms with Crippen LogP contribution in [0.15, 0.2) is 30.3 Å². The Bertz CT molecular complexity index is 843. The predicted octanol–water partition coefficient (Wildman–Crippen LogP) is 6.61. The molecule has 0 saturated carbocycles. The first kappa shape index (κ1) is 22.1. The second-order valence-corrected chi connectivity index (χ2v) is 10.6. The highest BCUT2D eigenvalue weighted by Crippen LogP contribution is 2.33. The van der Waals surface area contributed by atoms with Crippen LogP contribution in [-0.4, -0.2) is 16.6 Å². The molecule has 0 fully saturated rings. The van der Waals surface area contributed by atoms with Crippen molar-refractivity contribution < 1.29 is 9.53 Å². The van der Waals surface area contributed by atoms with Gasteiger partial charge in [0.15, 0.2) is 0 Å². The minimum Gasteiger partial charge on any atom is -0.456 e. The third kappa shape index (κ3) is 5.43. The van der Waals surface area contributed by atoms with Crippen LogP contribution in [0.3, 0.4) is 0 Å². The third-order valence-corrected chi connectivity index (χ3v) is 4.67. The Hall–Kier alpha value is -2.16. The van der Waals surface area contributed by atoms with Gasteiger partial charge in [0.25, 0.3) is 0 Å². The SMILES string of the molecule is Cc1nc(-c2cc(C(C)(C)C)cc(C(C)(C)C)c2)ccc1C(=O)OC(C)(C)C. The van der Waals surface area contributed by atoms with E-state index in [0.717, 1.165) is 11.3 Å². The Morgan fingerprint density at radius 3 is 1.71 bits per heavy atom. The minimum absolute atomic E-state index is 0.0432. The standard InChI is InChI=1S/C25H35NO2/c1-16-20(22(27)28-25(8,9)10)11-12-21(26-16)17-13-18(23(2,3)4)15-19(14-17)24(5,6)7/h11-15H,1-10H3. The third-order valence-electron chi connectivity index (χ3n) is 4.67. The number of nitrogens with zero attached hydrogens (tertiary/aromatic N) is 1. The molecule has 0 spiro atoms. The minimum atomic E-state index is -0.523. The van der Waals surface area contributed by atoms with E-state index in [0.29, 0.717) is 11.3 Å². The predicted molar refractivity (Wildman–Crippen MR) is 117 cm³/mol. The molecule has 0 atom stereocenters. The summed E-state index contributed by atoms with van der Waals surface area (Å²) < 4.78 is 5.50. The molecule has 0 N–H and O–H groups in total. The number of carbonyl (C=O) groups excluding carboxylic acids is 1. The molecule has 0 unspecified atom stereocenters. The zero-order valence-corrected chi connectivity index (χ0v) is 19.2. The van der Waals surface area contributed by atoms with Gasteiger partial charge in [0.1, 0.15) is 5.60 Å². The first-order chi connectivity index (χ1) is 12.6. The summed E-state index contributed by atoms with van der Waals surface area (Å²) in [6, 6.07) is 10.5. The Morgan fingerprint density at radius 1 is 0.821 bits per heavy atom. The second kappa shape index (κ2) is 7.35. The molecule has 3 nitrogen and oxygen atoms in total. The molecule has 0 aliphatic rings. The van der Waals surface area contributed by atoms with Crippen molar-refractivity contribution in [2.45, 2.75) is 85.7 Å². The highest BCUT2D eigenvalue weighted by Gasteiger charge is 2.23. The van der Waals surface area contributed by atoms with Gasteiger partial charge in [-0.25, -0.2) is 4.79 Å². The van der Waals surface area contributed by atoms with Gasteiger partial charge >= 0.3 is 5.97 Å². The number of hydrogen-bond donors (Lipinski definition) is 0. The first-order valence-electron chi connectivity index (χ1n) is 9.95. The number of benzene rings is 1. The normalized spacial score (nSPS) is 12.8. The lowest BCUT2D eigenvalue weighted by molar-refractivity contribution is 0.00682. The van der Waals surface area contributed by atoms with Crippen LogP contribution in [-0.2, 0) is 15.6 Å². The molecule has 2 aromatic rings. The molecule has 28 heavy (non-hydrogen) atoms. The Balaban J connectivity index is 2.53. The number of carbonyl (C=O) groups is 1. The fraction of sp³-hybridized carbons (Fsp3) is 0.520. The van der Waals surface area contributed by atoms with E-state index in [1.807, 2.05) is 39.8 Å². The molecule has 0 aliphatic carbocycles. The van der Waals surface area contributed by atoms with Crippen molar-refractivity contribution >= 4 is 5.97 Å². The summed E-state index contributed by atoms with van der Waals surface area (Å²) in [4.78, 5) is 17.2. The quantitative estimate of drug-likeness (QED) is 0.550. The van der Waals surface area contributed by atoms with Crippen LogP contribution in [0.25, 0.3) is 11.3 Å². The van der Waals surface area contributed by atoms with Gasteiger partial charge in [-0.1, -0.05) is 47.6 Å². The zero-order chi connectivity index (χ0) is 21.5. The Morgan fingerprint density at radius 2 is 1.32 bits per heavy atom. The fourth-order valence-electron chi connectivity index (χ4n) is 2.91. The molecular weight excluding hydrogens is 346 g/mol. The lowest BCUT2D eigenvalue weighted by atomic mass is 9.79. The molecule has 0 radical (unpaired) electrons. The average molecular weight is 382 g/mol. The molecule has 0 saturated heterocycles. The fourth-order valence-corrected chi connectivity index (χ4v) is 2.91. The zero-order valence-electron chi connectivity index (χ0n) is 19.2. The molecule has 1 heterocycles. The number of esters is 1. The Labute approximate surface area is 170 Å². The number of rotatable bonds is 2. The van der Waals surface area contributed by atoms with Crippen molar-refractivity contribution in [3.8, 4) is 11.3 Å². The van der Waals surface area contributed by atoms with Crippen molar-refractivity contribution in [3.63, 3.8) is 0 Å². The molecule has 0 bridgehead atoms. The van der Waals surface area contributed by atoms with Crippen LogP contribution < -0.4 is 0 Å². The molecule has 0 amide bonds. The van der Waals surface area contributed by atoms with Gasteiger partial charge in [0.05, 0.1) is 17.0 Å². The highest BCUT2D eigenvalue weighted by atomic mass is 16.6. The summed E-state index contributed by atoms with van der Waals surface area (Å²) in [6.45, 7) is 20.8. The summed E-state index contributed by atoms with van der Waals surface area (Å²) in [6.07, 6.45) is 0. The maximum atomic E-state index is 12.4. The maximum absolute atomic E-state index is 12.4. The number of ether oxygens (including phenoxy) is 1. The molecule has 1 aromatic carbocycles. The van der Waals surface area contributed by atoms with Crippen LogP contribution in [0.1, 0.15) is 89.5 Å². The summed E-state index contributed by atoms with van der Waals surface area (Å²) in [5, 5.41) is 0. The number of pyridine rings is 1. The van der Waals surface area contributed by atoms with E-state index in [9.17, 15) is 4.79 Å². The van der Waals surface area contributed by atoms with Gasteiger partial charge in [-0.15, -0.1) is 0 Å². The van der Waals surface area contributed by atoms with Crippen LogP contribution in [0.5, 0.6) is 0 Å². The number of aryl methyl sites for hydroxylation is 1. The molecule has 0 aliphatic heterocycles. The van der Waals surface area contributed by atoms with Gasteiger partial charge in [-0.2, -0.15) is 0 Å². The first-order valence-corrected chi connectivity index (χ1v) is 9.95. The van der Waals surface area contributed by atoms with Crippen LogP contribution in [0.4, 0.5) is 0 Å². The van der Waals surface area contributed by atoms with Crippen molar-refractivity contribution in [1.29, 1.82) is 0 Å². The van der Waals surface area contributed by atoms with E-state index >= 15 is 0 Å². The topological polar surface area (TPSA) is 39.2 Å². The van der Waals surface area contributed by atoms with E-state index in [1.165, 1.54) is 11.1 Å². The lowest BCUT2D eigenvalue weighted by Gasteiger charge is -2.26. The highest BCUT2D eigenvalue weighted by molar-refractivity contribution is 5.91. The van der Waals surface area contributed by atoms with Crippen molar-refractivity contribution in [3.05, 3.63) is 52.7 Å². The van der Waals surface area contributed by atoms with Crippen molar-refractivity contribution in [2.24, 2.45) is 0 Å². The molecule has 3 heteroatoms. The van der Waals surface area contributed by atoms with Crippen LogP contribution in [0, 0.1) is 6.92 Å². The smallest absolute Gasteiger partial charge is 0.340 e. The van der Waals surface area contributed by atoms with Crippen LogP contribution in [0.2, 0.25) is 0 Å². The number of aromatic nitrogens is 1. The average Bonchev–Trinajstić information content (AvgIpc) is 2.50. The number of hydrogen-bond acceptors (Lipinski definition) is 3. The van der Waals surface area contributed by atoms with Crippen molar-refractivity contribution in [2.75, 3.05) is 0 Å². The van der Waals surface area contributed by atoms with E-state index in [-0.39, 0.29) is 16.8 Å². The van der Waals surface area contributed by atoms with Gasteiger partial charge in [0, 0.05) is 5.56 Å². The lowest BCUT2D eigenvalue weighted by Crippen LogP contribution is -2.24. The Kier molecular flexibility index (Phi) is 5.81. The van der Waals surface area contributed by atoms with Crippen molar-refractivity contribution in [1.82, 2.24) is 4.98 Å². The summed E-state index contributed by atoms with van der Waals surface area (Å²) >= 11 is 0. The van der Waals surface area contributed by atoms with E-state index in [4.69, 9.17) is 9.72 Å². The van der Waals surface area contributed by atoms with E-state index in [1.54, 1.807) is 0 Å². The molecular formula is C25H35NO2. The van der Waals surface area contributed by atoms with Crippen LogP contribution >= 0.6 is 0 Å². The van der Waals surface area contributed by atoms with Gasteiger partial charge in [-0.05, 0) is 73.9 Å². The monoisotopic (exact) mass is 381 g/mol. The summed E-state index contributed by atoms with van der Waals surface area (Å²) in [7, 11) is 0. The maximum Gasteiger partial charge on any atom is 0.340 e. The molecule has 152 valence electrons. The molecule has 1 aromatic heterocycles.